The first-order valence-electron chi connectivity index (χ1n) is 11.5. The molecule has 0 spiro atoms. The van der Waals surface area contributed by atoms with Gasteiger partial charge in [-0.15, -0.1) is 0 Å². The van der Waals surface area contributed by atoms with Gasteiger partial charge < -0.3 is 10.2 Å². The third kappa shape index (κ3) is 3.02. The number of nitrogens with zero attached hydrogens (tertiary/aromatic N) is 1. The van der Waals surface area contributed by atoms with Crippen molar-refractivity contribution in [2.75, 3.05) is 20.1 Å². The van der Waals surface area contributed by atoms with E-state index in [0.717, 1.165) is 30.8 Å². The molecular weight excluding hydrogens is 360 g/mol. The van der Waals surface area contributed by atoms with Crippen molar-refractivity contribution in [1.29, 1.82) is 0 Å². The molecule has 29 heavy (non-hydrogen) atoms. The number of benzene rings is 1. The molecule has 2 amide bonds. The molecule has 1 aromatic rings. The van der Waals surface area contributed by atoms with Gasteiger partial charge in [-0.05, 0) is 60.8 Å². The summed E-state index contributed by atoms with van der Waals surface area (Å²) < 4.78 is 0. The Bertz CT molecular complexity index is 753. The number of amides is 2. The first-order chi connectivity index (χ1) is 14.0. The monoisotopic (exact) mass is 394 g/mol. The fourth-order valence-corrected chi connectivity index (χ4v) is 7.50. The van der Waals surface area contributed by atoms with Crippen LogP contribution in [0.2, 0.25) is 0 Å². The van der Waals surface area contributed by atoms with Crippen LogP contribution in [0.4, 0.5) is 0 Å². The van der Waals surface area contributed by atoms with Gasteiger partial charge in [-0.1, -0.05) is 37.3 Å². The van der Waals surface area contributed by atoms with Gasteiger partial charge in [0.1, 0.15) is 0 Å². The van der Waals surface area contributed by atoms with E-state index in [9.17, 15) is 9.59 Å². The Morgan fingerprint density at radius 2 is 1.62 bits per heavy atom. The Balaban J connectivity index is 1.37. The Hall–Kier alpha value is -1.84. The SMILES string of the molecule is CNC(=O)CC1CN(C(=O)CC2(c3ccccc3)C3CC4CC2CC(C3)C4C)C1. The van der Waals surface area contributed by atoms with E-state index in [4.69, 9.17) is 0 Å². The maximum Gasteiger partial charge on any atom is 0.223 e. The van der Waals surface area contributed by atoms with E-state index in [1.54, 1.807) is 7.05 Å². The molecule has 6 rings (SSSR count). The molecule has 1 N–H and O–H groups in total. The van der Waals surface area contributed by atoms with Gasteiger partial charge in [0.05, 0.1) is 0 Å². The van der Waals surface area contributed by atoms with Crippen molar-refractivity contribution >= 4 is 11.8 Å². The van der Waals surface area contributed by atoms with Crippen LogP contribution in [-0.2, 0) is 15.0 Å². The fraction of sp³-hybridized carbons (Fsp3) is 0.680. The lowest BCUT2D eigenvalue weighted by atomic mass is 9.41. The van der Waals surface area contributed by atoms with Crippen molar-refractivity contribution in [2.45, 2.75) is 50.9 Å². The lowest BCUT2D eigenvalue weighted by molar-refractivity contribution is -0.149. The average molecular weight is 395 g/mol. The van der Waals surface area contributed by atoms with Gasteiger partial charge in [0, 0.05) is 44.3 Å². The van der Waals surface area contributed by atoms with Crippen molar-refractivity contribution in [1.82, 2.24) is 10.2 Å². The fourth-order valence-electron chi connectivity index (χ4n) is 7.50. The minimum absolute atomic E-state index is 0.0252. The van der Waals surface area contributed by atoms with Gasteiger partial charge in [0.25, 0.3) is 0 Å². The standard InChI is InChI=1S/C25H34N2O2/c1-16-18-9-21-11-19(16)12-22(10-18)25(21,20-6-4-3-5-7-20)13-24(29)27-14-17(15-27)8-23(28)26-2/h3-7,16-19,21-22H,8-15H2,1-2H3,(H,26,28). The first-order valence-corrected chi connectivity index (χ1v) is 11.5. The topological polar surface area (TPSA) is 49.4 Å². The number of hydrogen-bond acceptors (Lipinski definition) is 2. The summed E-state index contributed by atoms with van der Waals surface area (Å²) in [5, 5.41) is 2.70. The Morgan fingerprint density at radius 1 is 1.03 bits per heavy atom. The van der Waals surface area contributed by atoms with Gasteiger partial charge in [0.2, 0.25) is 11.8 Å². The van der Waals surface area contributed by atoms with Crippen LogP contribution in [0.15, 0.2) is 30.3 Å². The number of carbonyl (C=O) groups excluding carboxylic acids is 2. The molecule has 1 aliphatic heterocycles. The Kier molecular flexibility index (Phi) is 4.71. The molecular formula is C25H34N2O2. The van der Waals surface area contributed by atoms with E-state index in [1.807, 2.05) is 4.90 Å². The van der Waals surface area contributed by atoms with Crippen molar-refractivity contribution in [2.24, 2.45) is 35.5 Å². The summed E-state index contributed by atoms with van der Waals surface area (Å²) in [5.41, 5.74) is 1.43. The molecule has 1 heterocycles. The van der Waals surface area contributed by atoms with E-state index in [0.29, 0.717) is 36.5 Å². The van der Waals surface area contributed by atoms with Crippen LogP contribution in [0, 0.1) is 35.5 Å². The maximum absolute atomic E-state index is 13.4. The lowest BCUT2D eigenvalue weighted by Crippen LogP contribution is -2.60. The number of rotatable bonds is 5. The number of carbonyl (C=O) groups is 2. The molecule has 5 fully saturated rings. The molecule has 0 unspecified atom stereocenters. The second-order valence-electron chi connectivity index (χ2n) is 10.3. The van der Waals surface area contributed by atoms with Crippen molar-refractivity contribution in [3.05, 3.63) is 35.9 Å². The molecule has 4 nitrogen and oxygen atoms in total. The van der Waals surface area contributed by atoms with Crippen LogP contribution in [0.3, 0.4) is 0 Å². The summed E-state index contributed by atoms with van der Waals surface area (Å²) in [6.45, 7) is 3.96. The molecule has 4 aliphatic carbocycles. The normalized spacial score (nSPS) is 38.0. The van der Waals surface area contributed by atoms with E-state index in [2.05, 4.69) is 42.6 Å². The maximum atomic E-state index is 13.4. The zero-order valence-electron chi connectivity index (χ0n) is 17.8. The Morgan fingerprint density at radius 3 is 2.17 bits per heavy atom. The van der Waals surface area contributed by atoms with Gasteiger partial charge in [-0.2, -0.15) is 0 Å². The van der Waals surface area contributed by atoms with Crippen molar-refractivity contribution in [3.8, 4) is 0 Å². The Labute approximate surface area is 174 Å². The van der Waals surface area contributed by atoms with Crippen LogP contribution in [0.5, 0.6) is 0 Å². The first kappa shape index (κ1) is 19.1. The third-order valence-electron chi connectivity index (χ3n) is 9.11. The smallest absolute Gasteiger partial charge is 0.223 e. The van der Waals surface area contributed by atoms with Gasteiger partial charge in [0.15, 0.2) is 0 Å². The predicted molar refractivity (Wildman–Crippen MR) is 113 cm³/mol. The average Bonchev–Trinajstić information content (AvgIpc) is 2.69. The minimum Gasteiger partial charge on any atom is -0.359 e. The highest BCUT2D eigenvalue weighted by Gasteiger charge is 2.60. The zero-order chi connectivity index (χ0) is 20.2. The van der Waals surface area contributed by atoms with Crippen LogP contribution in [0.1, 0.15) is 51.0 Å². The molecule has 1 saturated heterocycles. The zero-order valence-corrected chi connectivity index (χ0v) is 17.8. The summed E-state index contributed by atoms with van der Waals surface area (Å²) in [7, 11) is 1.68. The van der Waals surface area contributed by atoms with E-state index in [1.165, 1.54) is 31.2 Å². The highest BCUT2D eigenvalue weighted by Crippen LogP contribution is 2.65. The molecule has 4 bridgehead atoms. The van der Waals surface area contributed by atoms with Crippen LogP contribution in [0.25, 0.3) is 0 Å². The highest BCUT2D eigenvalue weighted by atomic mass is 16.2. The molecule has 0 atom stereocenters. The molecule has 0 aromatic heterocycles. The number of hydrogen-bond donors (Lipinski definition) is 1. The third-order valence-corrected chi connectivity index (χ3v) is 9.11. The molecule has 0 radical (unpaired) electrons. The van der Waals surface area contributed by atoms with E-state index in [-0.39, 0.29) is 11.3 Å². The molecule has 1 aromatic carbocycles. The molecule has 5 aliphatic rings. The van der Waals surface area contributed by atoms with Crippen LogP contribution in [-0.4, -0.2) is 36.9 Å². The van der Waals surface area contributed by atoms with Crippen molar-refractivity contribution < 1.29 is 9.59 Å². The van der Waals surface area contributed by atoms with Gasteiger partial charge in [-0.3, -0.25) is 9.59 Å². The van der Waals surface area contributed by atoms with E-state index >= 15 is 0 Å². The van der Waals surface area contributed by atoms with Crippen molar-refractivity contribution in [3.63, 3.8) is 0 Å². The summed E-state index contributed by atoms with van der Waals surface area (Å²) in [6.07, 6.45) is 6.40. The predicted octanol–water partition coefficient (Wildman–Crippen LogP) is 3.61. The molecule has 4 saturated carbocycles. The minimum atomic E-state index is 0.0252. The number of nitrogens with one attached hydrogen (secondary N) is 1. The lowest BCUT2D eigenvalue weighted by Gasteiger charge is -2.64. The van der Waals surface area contributed by atoms with Crippen LogP contribution >= 0.6 is 0 Å². The van der Waals surface area contributed by atoms with Gasteiger partial charge in [-0.25, -0.2) is 0 Å². The molecule has 156 valence electrons. The molecule has 4 heteroatoms. The largest absolute Gasteiger partial charge is 0.359 e. The number of likely N-dealkylation sites (tertiary alicyclic amines) is 1. The summed E-state index contributed by atoms with van der Waals surface area (Å²) in [4.78, 5) is 27.0. The summed E-state index contributed by atoms with van der Waals surface area (Å²) >= 11 is 0. The van der Waals surface area contributed by atoms with Crippen LogP contribution < -0.4 is 5.32 Å². The highest BCUT2D eigenvalue weighted by molar-refractivity contribution is 5.80. The second-order valence-corrected chi connectivity index (χ2v) is 10.3. The summed E-state index contributed by atoms with van der Waals surface area (Å²) in [6, 6.07) is 11.0. The van der Waals surface area contributed by atoms with Gasteiger partial charge >= 0.3 is 0 Å². The second kappa shape index (κ2) is 7.14. The van der Waals surface area contributed by atoms with E-state index < -0.39 is 0 Å². The quantitative estimate of drug-likeness (QED) is 0.829. The summed E-state index contributed by atoms with van der Waals surface area (Å²) in [5.74, 6) is 4.61.